The number of hydrogen-bond acceptors (Lipinski definition) is 4. The van der Waals surface area contributed by atoms with Crippen LogP contribution in [0.3, 0.4) is 0 Å². The third kappa shape index (κ3) is 2.43. The second kappa shape index (κ2) is 6.01. The number of pyridine rings is 1. The average molecular weight is 379 g/mol. The Morgan fingerprint density at radius 1 is 1.32 bits per heavy atom. The van der Waals surface area contributed by atoms with Gasteiger partial charge in [0.05, 0.1) is 23.4 Å². The lowest BCUT2D eigenvalue weighted by molar-refractivity contribution is 0.0675. The highest BCUT2D eigenvalue weighted by molar-refractivity contribution is 5.93. The smallest absolute Gasteiger partial charge is 0.273 e. The van der Waals surface area contributed by atoms with E-state index < -0.39 is 6.04 Å². The van der Waals surface area contributed by atoms with Gasteiger partial charge in [-0.2, -0.15) is 10.2 Å². The first kappa shape index (κ1) is 16.7. The Balaban J connectivity index is 1.65. The quantitative estimate of drug-likeness (QED) is 0.578. The number of aryl methyl sites for hydroxylation is 2. The van der Waals surface area contributed by atoms with E-state index in [-0.39, 0.29) is 11.7 Å². The molecule has 1 amide bonds. The van der Waals surface area contributed by atoms with E-state index in [0.29, 0.717) is 29.9 Å². The number of H-pyrrole nitrogens is 1. The van der Waals surface area contributed by atoms with Crippen LogP contribution in [0.5, 0.6) is 0 Å². The monoisotopic (exact) mass is 379 g/mol. The molecule has 0 aliphatic carbocycles. The van der Waals surface area contributed by atoms with Crippen molar-refractivity contribution >= 4 is 11.4 Å². The molecule has 0 aromatic carbocycles. The van der Waals surface area contributed by atoms with Crippen molar-refractivity contribution in [3.63, 3.8) is 0 Å². The van der Waals surface area contributed by atoms with Crippen molar-refractivity contribution in [1.82, 2.24) is 34.3 Å². The zero-order valence-electron chi connectivity index (χ0n) is 15.4. The molecule has 0 fully saturated rings. The van der Waals surface area contributed by atoms with Crippen molar-refractivity contribution < 1.29 is 9.18 Å². The Hall–Kier alpha value is -3.49. The highest BCUT2D eigenvalue weighted by Crippen LogP contribution is 2.34. The van der Waals surface area contributed by atoms with Crippen LogP contribution in [-0.2, 0) is 13.5 Å². The molecule has 0 saturated heterocycles. The number of nitrogens with one attached hydrogen (secondary N) is 1. The van der Waals surface area contributed by atoms with Gasteiger partial charge in [0, 0.05) is 31.9 Å². The first-order valence-corrected chi connectivity index (χ1v) is 9.00. The zero-order chi connectivity index (χ0) is 19.4. The minimum atomic E-state index is -0.503. The highest BCUT2D eigenvalue weighted by Gasteiger charge is 2.37. The molecule has 1 aliphatic heterocycles. The highest BCUT2D eigenvalue weighted by atomic mass is 19.1. The van der Waals surface area contributed by atoms with E-state index in [1.54, 1.807) is 47.4 Å². The lowest BCUT2D eigenvalue weighted by Crippen LogP contribution is -2.41. The van der Waals surface area contributed by atoms with Crippen LogP contribution in [0.25, 0.3) is 5.52 Å². The molecule has 1 aliphatic rings. The number of rotatable bonds is 2. The van der Waals surface area contributed by atoms with Gasteiger partial charge >= 0.3 is 0 Å². The number of aromatic nitrogens is 6. The van der Waals surface area contributed by atoms with E-state index in [4.69, 9.17) is 0 Å². The van der Waals surface area contributed by atoms with Gasteiger partial charge in [0.1, 0.15) is 23.1 Å². The molecule has 4 aromatic rings. The molecule has 1 N–H and O–H groups in total. The van der Waals surface area contributed by atoms with Crippen molar-refractivity contribution in [3.05, 3.63) is 71.1 Å². The number of imidazole rings is 1. The number of aromatic amines is 1. The predicted octanol–water partition coefficient (Wildman–Crippen LogP) is 2.03. The number of halogens is 1. The van der Waals surface area contributed by atoms with E-state index in [9.17, 15) is 9.18 Å². The summed E-state index contributed by atoms with van der Waals surface area (Å²) in [6, 6.07) is 5.93. The average Bonchev–Trinajstić information content (AvgIpc) is 3.38. The second-order valence-electron chi connectivity index (χ2n) is 6.97. The van der Waals surface area contributed by atoms with Crippen LogP contribution in [0.1, 0.15) is 39.3 Å². The molecule has 5 rings (SSSR count). The van der Waals surface area contributed by atoms with Gasteiger partial charge in [-0.25, -0.2) is 13.9 Å². The lowest BCUT2D eigenvalue weighted by atomic mass is 9.99. The molecular formula is C19H18FN7O. The molecule has 4 aromatic heterocycles. The van der Waals surface area contributed by atoms with Crippen LogP contribution in [0, 0.1) is 12.7 Å². The minimum Gasteiger partial charge on any atom is -0.348 e. The summed E-state index contributed by atoms with van der Waals surface area (Å²) in [5.74, 6) is -0.515. The van der Waals surface area contributed by atoms with E-state index in [1.807, 2.05) is 6.92 Å². The molecule has 5 heterocycles. The molecule has 9 heteroatoms. The normalized spacial score (nSPS) is 16.5. The summed E-state index contributed by atoms with van der Waals surface area (Å²) in [6.07, 6.45) is 3.97. The fourth-order valence-corrected chi connectivity index (χ4v) is 3.89. The van der Waals surface area contributed by atoms with Crippen LogP contribution in [0.4, 0.5) is 4.39 Å². The summed E-state index contributed by atoms with van der Waals surface area (Å²) in [4.78, 5) is 22.7. The fraction of sp³-hybridized carbons (Fsp3) is 0.263. The maximum absolute atomic E-state index is 14.2. The molecule has 0 radical (unpaired) electrons. The molecule has 8 nitrogen and oxygen atoms in total. The zero-order valence-corrected chi connectivity index (χ0v) is 15.4. The van der Waals surface area contributed by atoms with Crippen LogP contribution in [-0.4, -0.2) is 46.7 Å². The summed E-state index contributed by atoms with van der Waals surface area (Å²) >= 11 is 0. The largest absolute Gasteiger partial charge is 0.348 e. The maximum atomic E-state index is 14.2. The number of nitrogens with zero attached hydrogens (tertiary/aromatic N) is 6. The Bertz CT molecular complexity index is 1200. The molecule has 28 heavy (non-hydrogen) atoms. The topological polar surface area (TPSA) is 84.1 Å². The summed E-state index contributed by atoms with van der Waals surface area (Å²) in [5.41, 5.74) is 3.91. The van der Waals surface area contributed by atoms with E-state index in [0.717, 1.165) is 17.1 Å². The van der Waals surface area contributed by atoms with Gasteiger partial charge in [-0.1, -0.05) is 0 Å². The maximum Gasteiger partial charge on any atom is 0.273 e. The van der Waals surface area contributed by atoms with E-state index >= 15 is 0 Å². The predicted molar refractivity (Wildman–Crippen MR) is 98.3 cm³/mol. The van der Waals surface area contributed by atoms with Crippen molar-refractivity contribution in [1.29, 1.82) is 0 Å². The van der Waals surface area contributed by atoms with Gasteiger partial charge in [0.15, 0.2) is 0 Å². The standard InChI is InChI=1S/C19H18FN7O/c1-11-8-16(25(2)23-11)19(28)26-7-5-13-17(22-10-21-13)18(26)14-9-15-12(20)4-3-6-27(15)24-14/h3-4,6,8-10,18H,5,7H2,1-2H3,(H,21,22)/t18-/m0/s1. The van der Waals surface area contributed by atoms with Crippen LogP contribution in [0.15, 0.2) is 36.8 Å². The number of hydrogen-bond donors (Lipinski definition) is 1. The van der Waals surface area contributed by atoms with Gasteiger partial charge in [0.25, 0.3) is 5.91 Å². The van der Waals surface area contributed by atoms with Crippen molar-refractivity contribution in [2.75, 3.05) is 6.54 Å². The first-order chi connectivity index (χ1) is 13.5. The minimum absolute atomic E-state index is 0.153. The third-order valence-corrected chi connectivity index (χ3v) is 5.16. The van der Waals surface area contributed by atoms with Crippen LogP contribution < -0.4 is 0 Å². The van der Waals surface area contributed by atoms with E-state index in [2.05, 4.69) is 20.2 Å². The van der Waals surface area contributed by atoms with Gasteiger partial charge in [0.2, 0.25) is 0 Å². The van der Waals surface area contributed by atoms with Crippen molar-refractivity contribution in [2.24, 2.45) is 7.05 Å². The first-order valence-electron chi connectivity index (χ1n) is 9.00. The van der Waals surface area contributed by atoms with Crippen molar-refractivity contribution in [3.8, 4) is 0 Å². The van der Waals surface area contributed by atoms with Gasteiger partial charge in [-0.3, -0.25) is 9.48 Å². The third-order valence-electron chi connectivity index (χ3n) is 5.16. The molecule has 0 spiro atoms. The molecular weight excluding hydrogens is 361 g/mol. The Labute approximate surface area is 159 Å². The molecule has 0 saturated carbocycles. The van der Waals surface area contributed by atoms with Gasteiger partial charge < -0.3 is 9.88 Å². The summed E-state index contributed by atoms with van der Waals surface area (Å²) in [6.45, 7) is 2.35. The lowest BCUT2D eigenvalue weighted by Gasteiger charge is -2.33. The molecule has 0 bridgehead atoms. The fourth-order valence-electron chi connectivity index (χ4n) is 3.89. The van der Waals surface area contributed by atoms with Gasteiger partial charge in [-0.05, 0) is 31.2 Å². The Kier molecular flexibility index (Phi) is 3.58. The van der Waals surface area contributed by atoms with Crippen molar-refractivity contribution in [2.45, 2.75) is 19.4 Å². The molecule has 1 atom stereocenters. The van der Waals surface area contributed by atoms with E-state index in [1.165, 1.54) is 10.6 Å². The number of fused-ring (bicyclic) bond motifs is 2. The second-order valence-corrected chi connectivity index (χ2v) is 6.97. The summed E-state index contributed by atoms with van der Waals surface area (Å²) in [7, 11) is 1.75. The Morgan fingerprint density at radius 2 is 2.18 bits per heavy atom. The molecule has 0 unspecified atom stereocenters. The summed E-state index contributed by atoms with van der Waals surface area (Å²) < 4.78 is 17.3. The number of amides is 1. The van der Waals surface area contributed by atoms with Crippen LogP contribution in [0.2, 0.25) is 0 Å². The number of carbonyl (C=O) groups excluding carboxylic acids is 1. The van der Waals surface area contributed by atoms with Crippen LogP contribution >= 0.6 is 0 Å². The Morgan fingerprint density at radius 3 is 2.93 bits per heavy atom. The van der Waals surface area contributed by atoms with Gasteiger partial charge in [-0.15, -0.1) is 0 Å². The molecule has 142 valence electrons. The number of carbonyl (C=O) groups is 1. The summed E-state index contributed by atoms with van der Waals surface area (Å²) in [5, 5.41) is 8.82. The SMILES string of the molecule is Cc1cc(C(=O)N2CCc3[nH]cnc3[C@@H]2c2cc3c(F)cccn3n2)n(C)n1.